The number of benzene rings is 1. The minimum atomic E-state index is -3.72. The smallest absolute Gasteiger partial charge is 0.240 e. The zero-order valence-corrected chi connectivity index (χ0v) is 13.1. The van der Waals surface area contributed by atoms with Crippen molar-refractivity contribution in [2.24, 2.45) is 0 Å². The zero-order valence-electron chi connectivity index (χ0n) is 11.4. The van der Waals surface area contributed by atoms with Crippen molar-refractivity contribution in [3.63, 3.8) is 0 Å². The van der Waals surface area contributed by atoms with E-state index in [-0.39, 0.29) is 36.2 Å². The van der Waals surface area contributed by atoms with Gasteiger partial charge in [0.1, 0.15) is 0 Å². The molecule has 0 saturated heterocycles. The van der Waals surface area contributed by atoms with Crippen LogP contribution in [-0.2, 0) is 24.8 Å². The molecule has 10 heteroatoms. The highest BCUT2D eigenvalue weighted by Crippen LogP contribution is 2.13. The van der Waals surface area contributed by atoms with Crippen molar-refractivity contribution in [3.8, 4) is 0 Å². The molecule has 0 heterocycles. The number of hydrogen-bond acceptors (Lipinski definition) is 6. The van der Waals surface area contributed by atoms with Gasteiger partial charge in [0.25, 0.3) is 0 Å². The van der Waals surface area contributed by atoms with Crippen LogP contribution >= 0.6 is 0 Å². The summed E-state index contributed by atoms with van der Waals surface area (Å²) >= 11 is 0. The van der Waals surface area contributed by atoms with Crippen molar-refractivity contribution in [2.75, 3.05) is 33.4 Å². The summed E-state index contributed by atoms with van der Waals surface area (Å²) in [6.07, 6.45) is 0. The lowest BCUT2D eigenvalue weighted by atomic mass is 10.4. The maximum atomic E-state index is 11.9. The van der Waals surface area contributed by atoms with Crippen molar-refractivity contribution in [3.05, 3.63) is 24.3 Å². The molecule has 0 amide bonds. The molecule has 0 aliphatic heterocycles. The number of rotatable bonds is 9. The monoisotopic (exact) mass is 338 g/mol. The molecule has 0 aliphatic rings. The van der Waals surface area contributed by atoms with Crippen LogP contribution in [0.3, 0.4) is 0 Å². The number of aliphatic hydroxyl groups excluding tert-OH is 1. The molecule has 1 aromatic carbocycles. The minimum Gasteiger partial charge on any atom is -0.394 e. The lowest BCUT2D eigenvalue weighted by molar-refractivity contribution is 0.0961. The lowest BCUT2D eigenvalue weighted by Crippen LogP contribution is -2.28. The van der Waals surface area contributed by atoms with Crippen LogP contribution in [0, 0.1) is 0 Å². The molecule has 1 aromatic rings. The van der Waals surface area contributed by atoms with E-state index >= 15 is 0 Å². The Morgan fingerprint density at radius 2 is 1.52 bits per heavy atom. The van der Waals surface area contributed by atoms with E-state index in [2.05, 4.69) is 9.44 Å². The number of ether oxygens (including phenoxy) is 1. The molecule has 0 aromatic heterocycles. The minimum absolute atomic E-state index is 0.0183. The fraction of sp³-hybridized carbons (Fsp3) is 0.455. The summed E-state index contributed by atoms with van der Waals surface area (Å²) < 4.78 is 56.2. The third-order valence-electron chi connectivity index (χ3n) is 2.49. The first-order valence-electron chi connectivity index (χ1n) is 6.05. The molecular formula is C11H18N2O6S2. The Morgan fingerprint density at radius 1 is 1.00 bits per heavy atom. The first kappa shape index (κ1) is 18.0. The summed E-state index contributed by atoms with van der Waals surface area (Å²) in [6.45, 7) is 0.192. The van der Waals surface area contributed by atoms with E-state index in [4.69, 9.17) is 9.84 Å². The molecule has 120 valence electrons. The molecule has 0 saturated carbocycles. The van der Waals surface area contributed by atoms with Crippen molar-refractivity contribution < 1.29 is 26.7 Å². The largest absolute Gasteiger partial charge is 0.394 e. The van der Waals surface area contributed by atoms with Crippen molar-refractivity contribution in [1.82, 2.24) is 9.44 Å². The topological polar surface area (TPSA) is 122 Å². The van der Waals surface area contributed by atoms with Crippen LogP contribution in [0.2, 0.25) is 0 Å². The number of nitrogens with one attached hydrogen (secondary N) is 2. The third kappa shape index (κ3) is 5.34. The number of sulfonamides is 2. The summed E-state index contributed by atoms with van der Waals surface area (Å²) in [5.41, 5.74) is 0. The number of hydrogen-bond donors (Lipinski definition) is 3. The van der Waals surface area contributed by atoms with Gasteiger partial charge in [-0.1, -0.05) is 0 Å². The molecule has 0 fully saturated rings. The molecule has 0 atom stereocenters. The van der Waals surface area contributed by atoms with Gasteiger partial charge in [-0.15, -0.1) is 0 Å². The molecule has 0 unspecified atom stereocenters. The quantitative estimate of drug-likeness (QED) is 0.490. The maximum Gasteiger partial charge on any atom is 0.240 e. The Hall–Kier alpha value is -1.04. The van der Waals surface area contributed by atoms with Gasteiger partial charge < -0.3 is 9.84 Å². The summed E-state index contributed by atoms with van der Waals surface area (Å²) in [6, 6.07) is 4.84. The van der Waals surface area contributed by atoms with Crippen LogP contribution in [-0.4, -0.2) is 55.4 Å². The van der Waals surface area contributed by atoms with Gasteiger partial charge in [-0.3, -0.25) is 0 Å². The van der Waals surface area contributed by atoms with Crippen LogP contribution in [0.25, 0.3) is 0 Å². The highest BCUT2D eigenvalue weighted by atomic mass is 32.2. The SMILES string of the molecule is CNS(=O)(=O)c1ccc(S(=O)(=O)NCCOCCO)cc1. The van der Waals surface area contributed by atoms with Crippen LogP contribution < -0.4 is 9.44 Å². The zero-order chi connectivity index (χ0) is 15.9. The van der Waals surface area contributed by atoms with Gasteiger partial charge >= 0.3 is 0 Å². The standard InChI is InChI=1S/C11H18N2O6S2/c1-12-20(15,16)10-2-4-11(5-3-10)21(17,18)13-6-8-19-9-7-14/h2-5,12-14H,6-9H2,1H3. The van der Waals surface area contributed by atoms with E-state index in [9.17, 15) is 16.8 Å². The Morgan fingerprint density at radius 3 is 2.00 bits per heavy atom. The summed E-state index contributed by atoms with van der Waals surface area (Å²) in [5.74, 6) is 0. The molecule has 1 rings (SSSR count). The summed E-state index contributed by atoms with van der Waals surface area (Å²) in [4.78, 5) is -0.0602. The molecule has 21 heavy (non-hydrogen) atoms. The molecule has 0 spiro atoms. The van der Waals surface area contributed by atoms with Gasteiger partial charge in [0.2, 0.25) is 20.0 Å². The van der Waals surface area contributed by atoms with E-state index in [0.717, 1.165) is 0 Å². The van der Waals surface area contributed by atoms with Gasteiger partial charge in [-0.25, -0.2) is 26.3 Å². The van der Waals surface area contributed by atoms with Gasteiger partial charge in [0, 0.05) is 6.54 Å². The Labute approximate surface area is 124 Å². The summed E-state index contributed by atoms with van der Waals surface area (Å²) in [7, 11) is -6.05. The normalized spacial score (nSPS) is 12.5. The molecular weight excluding hydrogens is 320 g/mol. The third-order valence-corrected chi connectivity index (χ3v) is 5.39. The van der Waals surface area contributed by atoms with Crippen molar-refractivity contribution in [2.45, 2.75) is 9.79 Å². The average molecular weight is 338 g/mol. The first-order valence-corrected chi connectivity index (χ1v) is 9.02. The van der Waals surface area contributed by atoms with Crippen molar-refractivity contribution in [1.29, 1.82) is 0 Å². The first-order chi connectivity index (χ1) is 9.83. The second-order valence-electron chi connectivity index (χ2n) is 3.91. The fourth-order valence-corrected chi connectivity index (χ4v) is 3.16. The van der Waals surface area contributed by atoms with E-state index in [1.807, 2.05) is 0 Å². The highest BCUT2D eigenvalue weighted by Gasteiger charge is 2.16. The summed E-state index contributed by atoms with van der Waals surface area (Å²) in [5, 5.41) is 8.50. The van der Waals surface area contributed by atoms with Crippen molar-refractivity contribution >= 4 is 20.0 Å². The van der Waals surface area contributed by atoms with Gasteiger partial charge in [-0.2, -0.15) is 0 Å². The Bertz CT molecular complexity index is 640. The molecule has 8 nitrogen and oxygen atoms in total. The molecule has 0 radical (unpaired) electrons. The second kappa shape index (κ2) is 7.82. The van der Waals surface area contributed by atoms with Gasteiger partial charge in [0.15, 0.2) is 0 Å². The molecule has 3 N–H and O–H groups in total. The fourth-order valence-electron chi connectivity index (χ4n) is 1.41. The van der Waals surface area contributed by atoms with E-state index < -0.39 is 20.0 Å². The van der Waals surface area contributed by atoms with E-state index in [1.54, 1.807) is 0 Å². The molecule has 0 bridgehead atoms. The molecule has 0 aliphatic carbocycles. The van der Waals surface area contributed by atoms with Crippen LogP contribution in [0.15, 0.2) is 34.1 Å². The van der Waals surface area contributed by atoms with Gasteiger partial charge in [0.05, 0.1) is 29.6 Å². The average Bonchev–Trinajstić information content (AvgIpc) is 2.47. The lowest BCUT2D eigenvalue weighted by Gasteiger charge is -2.08. The van der Waals surface area contributed by atoms with Crippen LogP contribution in [0.5, 0.6) is 0 Å². The number of aliphatic hydroxyl groups is 1. The van der Waals surface area contributed by atoms with Crippen LogP contribution in [0.1, 0.15) is 0 Å². The highest BCUT2D eigenvalue weighted by molar-refractivity contribution is 7.90. The van der Waals surface area contributed by atoms with E-state index in [0.29, 0.717) is 0 Å². The maximum absolute atomic E-state index is 11.9. The Kier molecular flexibility index (Phi) is 6.71. The predicted octanol–water partition coefficient (Wildman–Crippen LogP) is -1.12. The van der Waals surface area contributed by atoms with E-state index in [1.165, 1.54) is 31.3 Å². The van der Waals surface area contributed by atoms with Gasteiger partial charge in [-0.05, 0) is 31.3 Å². The van der Waals surface area contributed by atoms with Crippen LogP contribution in [0.4, 0.5) is 0 Å². The predicted molar refractivity (Wildman–Crippen MR) is 75.8 cm³/mol. The second-order valence-corrected chi connectivity index (χ2v) is 7.57. The Balaban J connectivity index is 2.72.